The molecule has 0 aliphatic rings. The van der Waals surface area contributed by atoms with E-state index >= 15 is 0 Å². The molecule has 0 fully saturated rings. The van der Waals surface area contributed by atoms with Crippen molar-refractivity contribution in [1.29, 1.82) is 0 Å². The molecule has 0 rings (SSSR count). The highest BCUT2D eigenvalue weighted by Crippen LogP contribution is 2.20. The Balaban J connectivity index is 4.72. The molecule has 0 aromatic carbocycles. The van der Waals surface area contributed by atoms with Crippen molar-refractivity contribution in [1.82, 2.24) is 4.72 Å². The molecule has 0 aliphatic carbocycles. The Hall–Kier alpha value is -0.180. The lowest BCUT2D eigenvalue weighted by atomic mass is 9.88. The second-order valence-electron chi connectivity index (χ2n) is 4.80. The lowest BCUT2D eigenvalue weighted by Crippen LogP contribution is -2.46. The number of hydrogen-bond donors (Lipinski definition) is 1. The fraction of sp³-hybridized carbons (Fsp3) is 1.00. The summed E-state index contributed by atoms with van der Waals surface area (Å²) in [6, 6.07) is -0.600. The summed E-state index contributed by atoms with van der Waals surface area (Å²) in [4.78, 5) is 0. The van der Waals surface area contributed by atoms with Crippen LogP contribution >= 0.6 is 0 Å². The fourth-order valence-corrected chi connectivity index (χ4v) is 2.23. The average molecular weight is 273 g/mol. The Kier molecular flexibility index (Phi) is 4.93. The van der Waals surface area contributed by atoms with Crippen LogP contribution in [0, 0.1) is 5.41 Å². The van der Waals surface area contributed by atoms with Crippen LogP contribution in [0.15, 0.2) is 0 Å². The summed E-state index contributed by atoms with van der Waals surface area (Å²) >= 11 is 0. The minimum absolute atomic E-state index is 0.213. The number of sulfonamides is 1. The van der Waals surface area contributed by atoms with Gasteiger partial charge in [-0.05, 0) is 5.41 Å². The van der Waals surface area contributed by atoms with Crippen LogP contribution in [0.1, 0.15) is 20.8 Å². The predicted molar refractivity (Wildman–Crippen MR) is 62.0 cm³/mol. The van der Waals surface area contributed by atoms with Crippen molar-refractivity contribution >= 4 is 20.1 Å². The largest absolute Gasteiger partial charge is 0.269 e. The van der Waals surface area contributed by atoms with Crippen molar-refractivity contribution in [2.75, 3.05) is 19.1 Å². The highest BCUT2D eigenvalue weighted by atomic mass is 32.2. The van der Waals surface area contributed by atoms with Gasteiger partial charge in [-0.15, -0.1) is 0 Å². The molecule has 8 heteroatoms. The lowest BCUT2D eigenvalue weighted by Gasteiger charge is -2.30. The first kappa shape index (κ1) is 15.8. The Morgan fingerprint density at radius 2 is 1.56 bits per heavy atom. The molecule has 1 atom stereocenters. The summed E-state index contributed by atoms with van der Waals surface area (Å²) in [5.74, 6) is 0. The van der Waals surface area contributed by atoms with Crippen LogP contribution in [0.5, 0.6) is 0 Å². The Morgan fingerprint density at radius 3 is 1.81 bits per heavy atom. The Bertz CT molecular complexity index is 418. The topological polar surface area (TPSA) is 89.5 Å². The van der Waals surface area contributed by atoms with Crippen LogP contribution in [0.3, 0.4) is 0 Å². The second-order valence-corrected chi connectivity index (χ2v) is 8.22. The van der Waals surface area contributed by atoms with E-state index in [1.165, 1.54) is 0 Å². The number of nitrogens with one attached hydrogen (secondary N) is 1. The van der Waals surface area contributed by atoms with Crippen molar-refractivity contribution in [3.63, 3.8) is 0 Å². The summed E-state index contributed by atoms with van der Waals surface area (Å²) < 4.78 is 50.8. The molecule has 98 valence electrons. The van der Waals surface area contributed by atoms with Crippen LogP contribution < -0.4 is 4.72 Å². The third-order valence-electron chi connectivity index (χ3n) is 1.85. The molecule has 0 heterocycles. The van der Waals surface area contributed by atoms with Gasteiger partial charge < -0.3 is 0 Å². The van der Waals surface area contributed by atoms with Gasteiger partial charge in [-0.25, -0.2) is 13.1 Å². The van der Waals surface area contributed by atoms with E-state index in [2.05, 4.69) is 8.91 Å². The van der Waals surface area contributed by atoms with Crippen LogP contribution in [-0.2, 0) is 24.3 Å². The zero-order chi connectivity index (χ0) is 13.2. The minimum Gasteiger partial charge on any atom is -0.269 e. The Labute approximate surface area is 97.6 Å². The third-order valence-corrected chi connectivity index (χ3v) is 3.13. The zero-order valence-corrected chi connectivity index (χ0v) is 11.8. The maximum Gasteiger partial charge on any atom is 0.264 e. The molecule has 0 unspecified atom stereocenters. The van der Waals surface area contributed by atoms with Crippen LogP contribution in [0.2, 0.25) is 0 Å². The van der Waals surface area contributed by atoms with E-state index < -0.39 is 31.6 Å². The Morgan fingerprint density at radius 1 is 1.12 bits per heavy atom. The molecule has 16 heavy (non-hydrogen) atoms. The molecule has 0 bridgehead atoms. The van der Waals surface area contributed by atoms with Gasteiger partial charge in [-0.2, -0.15) is 8.42 Å². The highest BCUT2D eigenvalue weighted by Gasteiger charge is 2.28. The summed E-state index contributed by atoms with van der Waals surface area (Å²) in [6.45, 7) is 5.17. The van der Waals surface area contributed by atoms with Crippen LogP contribution in [-0.4, -0.2) is 42.0 Å². The monoisotopic (exact) mass is 273 g/mol. The number of rotatable bonds is 5. The van der Waals surface area contributed by atoms with Crippen molar-refractivity contribution in [2.45, 2.75) is 26.8 Å². The van der Waals surface area contributed by atoms with Gasteiger partial charge in [0.05, 0.1) is 25.2 Å². The molecular weight excluding hydrogens is 254 g/mol. The van der Waals surface area contributed by atoms with Gasteiger partial charge in [0.25, 0.3) is 10.1 Å². The van der Waals surface area contributed by atoms with Gasteiger partial charge in [-0.1, -0.05) is 20.8 Å². The highest BCUT2D eigenvalue weighted by molar-refractivity contribution is 7.88. The number of hydrogen-bond acceptors (Lipinski definition) is 5. The van der Waals surface area contributed by atoms with Crippen molar-refractivity contribution in [2.24, 2.45) is 5.41 Å². The molecule has 1 N–H and O–H groups in total. The smallest absolute Gasteiger partial charge is 0.264 e. The molecule has 0 saturated carbocycles. The standard InChI is InChI=1S/C8H19NO5S2/c1-8(2,3)7(9-15(4,10)11)6-14-16(5,12)13/h7,9H,6H2,1-5H3/t7-/m1/s1. The first-order valence-corrected chi connectivity index (χ1v) is 8.34. The lowest BCUT2D eigenvalue weighted by molar-refractivity contribution is 0.198. The predicted octanol–water partition coefficient (Wildman–Crippen LogP) is -0.0735. The van der Waals surface area contributed by atoms with Gasteiger partial charge in [0.15, 0.2) is 0 Å². The van der Waals surface area contributed by atoms with Gasteiger partial charge in [0.2, 0.25) is 10.0 Å². The van der Waals surface area contributed by atoms with Crippen molar-refractivity contribution in [3.8, 4) is 0 Å². The molecule has 0 saturated heterocycles. The molecule has 0 spiro atoms. The normalized spacial score (nSPS) is 16.1. The summed E-state index contributed by atoms with van der Waals surface area (Å²) in [5, 5.41) is 0. The molecular formula is C8H19NO5S2. The second kappa shape index (κ2) is 4.99. The van der Waals surface area contributed by atoms with Crippen LogP contribution in [0.25, 0.3) is 0 Å². The minimum atomic E-state index is -3.57. The first-order valence-electron chi connectivity index (χ1n) is 4.63. The quantitative estimate of drug-likeness (QED) is 0.708. The average Bonchev–Trinajstić information content (AvgIpc) is 1.91. The first-order chi connectivity index (χ1) is 6.81. The maximum atomic E-state index is 11.1. The van der Waals surface area contributed by atoms with Crippen LogP contribution in [0.4, 0.5) is 0 Å². The van der Waals surface area contributed by atoms with E-state index in [1.54, 1.807) is 20.8 Å². The summed E-state index contributed by atoms with van der Waals surface area (Å²) in [6.07, 6.45) is 1.94. The van der Waals surface area contributed by atoms with Crippen molar-refractivity contribution in [3.05, 3.63) is 0 Å². The zero-order valence-electron chi connectivity index (χ0n) is 10.1. The molecule has 0 radical (unpaired) electrons. The SMILES string of the molecule is CC(C)(C)[C@@H](COS(C)(=O)=O)NS(C)(=O)=O. The van der Waals surface area contributed by atoms with E-state index in [1.807, 2.05) is 0 Å². The van der Waals surface area contributed by atoms with Gasteiger partial charge >= 0.3 is 0 Å². The molecule has 0 aliphatic heterocycles. The van der Waals surface area contributed by atoms with E-state index in [9.17, 15) is 16.8 Å². The van der Waals surface area contributed by atoms with E-state index in [4.69, 9.17) is 0 Å². The van der Waals surface area contributed by atoms with Gasteiger partial charge in [0, 0.05) is 0 Å². The van der Waals surface area contributed by atoms with E-state index in [0.29, 0.717) is 0 Å². The van der Waals surface area contributed by atoms with E-state index in [0.717, 1.165) is 12.5 Å². The van der Waals surface area contributed by atoms with Gasteiger partial charge in [0.1, 0.15) is 0 Å². The maximum absolute atomic E-state index is 11.1. The molecule has 0 aromatic heterocycles. The third kappa shape index (κ3) is 8.03. The summed E-state index contributed by atoms with van der Waals surface area (Å²) in [5.41, 5.74) is -0.437. The van der Waals surface area contributed by atoms with E-state index in [-0.39, 0.29) is 6.61 Å². The summed E-state index contributed by atoms with van der Waals surface area (Å²) in [7, 11) is -6.97. The fourth-order valence-electron chi connectivity index (χ4n) is 0.911. The van der Waals surface area contributed by atoms with Crippen molar-refractivity contribution < 1.29 is 21.0 Å². The molecule has 6 nitrogen and oxygen atoms in total. The molecule has 0 amide bonds. The molecule has 0 aromatic rings. The van der Waals surface area contributed by atoms with Gasteiger partial charge in [-0.3, -0.25) is 4.18 Å².